The SMILES string of the molecule is CCCC(CN1CCc2c([nH]c3ccccc23)C1=O)C(=O)O.[H-].[Li+]. The van der Waals surface area contributed by atoms with Gasteiger partial charge in [0.15, 0.2) is 0 Å². The third-order valence-corrected chi connectivity index (χ3v) is 4.37. The van der Waals surface area contributed by atoms with Crippen LogP contribution in [-0.4, -0.2) is 40.0 Å². The molecule has 5 nitrogen and oxygen atoms in total. The summed E-state index contributed by atoms with van der Waals surface area (Å²) in [5, 5.41) is 10.4. The minimum Gasteiger partial charge on any atom is -1.00 e. The quantitative estimate of drug-likeness (QED) is 0.750. The van der Waals surface area contributed by atoms with E-state index in [0.717, 1.165) is 29.3 Å². The third-order valence-electron chi connectivity index (χ3n) is 4.37. The summed E-state index contributed by atoms with van der Waals surface area (Å²) in [6.45, 7) is 2.84. The standard InChI is InChI=1S/C17H20N2O3.Li.H/c1-2-5-11(17(21)22)10-19-9-8-13-12-6-3-4-7-14(12)18-15(13)16(19)20;;/h3-4,6-7,11,18H,2,5,8-10H2,1H3,(H,21,22);;/q;+1;-1. The average molecular weight is 308 g/mol. The van der Waals surface area contributed by atoms with Crippen molar-refractivity contribution >= 4 is 22.8 Å². The first kappa shape index (κ1) is 17.6. The topological polar surface area (TPSA) is 73.4 Å². The van der Waals surface area contributed by atoms with Crippen LogP contribution in [0.4, 0.5) is 0 Å². The number of carbonyl (C=O) groups excluding carboxylic acids is 1. The number of hydrogen-bond donors (Lipinski definition) is 2. The molecule has 0 aliphatic carbocycles. The molecule has 0 bridgehead atoms. The van der Waals surface area contributed by atoms with Gasteiger partial charge in [0.2, 0.25) is 0 Å². The number of nitrogens with one attached hydrogen (secondary N) is 1. The van der Waals surface area contributed by atoms with Crippen LogP contribution in [0.2, 0.25) is 0 Å². The number of carboxylic acid groups (broad SMARTS) is 1. The van der Waals surface area contributed by atoms with Crippen molar-refractivity contribution < 1.29 is 35.0 Å². The zero-order valence-corrected chi connectivity index (χ0v) is 13.6. The fourth-order valence-corrected chi connectivity index (χ4v) is 3.23. The second-order valence-electron chi connectivity index (χ2n) is 5.85. The van der Waals surface area contributed by atoms with E-state index >= 15 is 0 Å². The van der Waals surface area contributed by atoms with Crippen molar-refractivity contribution in [1.82, 2.24) is 9.88 Å². The first-order valence-corrected chi connectivity index (χ1v) is 7.73. The van der Waals surface area contributed by atoms with Crippen LogP contribution in [0.1, 0.15) is 37.2 Å². The summed E-state index contributed by atoms with van der Waals surface area (Å²) >= 11 is 0. The average Bonchev–Trinajstić information content (AvgIpc) is 2.88. The van der Waals surface area contributed by atoms with E-state index in [1.807, 2.05) is 31.2 Å². The largest absolute Gasteiger partial charge is 1.00 e. The first-order chi connectivity index (χ1) is 10.6. The fourth-order valence-electron chi connectivity index (χ4n) is 3.23. The van der Waals surface area contributed by atoms with Gasteiger partial charge in [0.25, 0.3) is 5.91 Å². The van der Waals surface area contributed by atoms with Crippen molar-refractivity contribution in [2.75, 3.05) is 13.1 Å². The minimum atomic E-state index is -0.822. The Bertz CT molecular complexity index is 732. The number of aliphatic carboxylic acids is 1. The Kier molecular flexibility index (Phi) is 5.56. The maximum atomic E-state index is 12.7. The number of nitrogens with zero attached hydrogens (tertiary/aromatic N) is 1. The molecule has 0 saturated carbocycles. The van der Waals surface area contributed by atoms with Crippen molar-refractivity contribution in [3.63, 3.8) is 0 Å². The number of aromatic amines is 1. The number of rotatable bonds is 5. The van der Waals surface area contributed by atoms with Crippen LogP contribution in [0.15, 0.2) is 24.3 Å². The monoisotopic (exact) mass is 308 g/mol. The summed E-state index contributed by atoms with van der Waals surface area (Å²) in [5.74, 6) is -1.39. The van der Waals surface area contributed by atoms with Crippen LogP contribution in [0, 0.1) is 5.92 Å². The molecule has 0 spiro atoms. The molecule has 2 N–H and O–H groups in total. The summed E-state index contributed by atoms with van der Waals surface area (Å²) in [7, 11) is 0. The minimum absolute atomic E-state index is 0. The number of carbonyl (C=O) groups is 2. The number of fused-ring (bicyclic) bond motifs is 3. The van der Waals surface area contributed by atoms with Crippen LogP contribution in [0.3, 0.4) is 0 Å². The summed E-state index contributed by atoms with van der Waals surface area (Å²) in [6, 6.07) is 7.89. The van der Waals surface area contributed by atoms with E-state index in [0.29, 0.717) is 18.7 Å². The molecule has 3 rings (SSSR count). The van der Waals surface area contributed by atoms with Gasteiger partial charge in [0.1, 0.15) is 5.69 Å². The predicted octanol–water partition coefficient (Wildman–Crippen LogP) is -0.216. The van der Waals surface area contributed by atoms with Crippen molar-refractivity contribution in [2.24, 2.45) is 5.92 Å². The number of para-hydroxylation sites is 1. The molecule has 1 aromatic heterocycles. The zero-order valence-electron chi connectivity index (χ0n) is 14.6. The van der Waals surface area contributed by atoms with Gasteiger partial charge >= 0.3 is 24.8 Å². The van der Waals surface area contributed by atoms with Crippen molar-refractivity contribution in [3.05, 3.63) is 35.5 Å². The van der Waals surface area contributed by atoms with Crippen molar-refractivity contribution in [3.8, 4) is 0 Å². The molecule has 0 radical (unpaired) electrons. The van der Waals surface area contributed by atoms with Crippen LogP contribution >= 0.6 is 0 Å². The van der Waals surface area contributed by atoms with E-state index in [2.05, 4.69) is 4.98 Å². The first-order valence-electron chi connectivity index (χ1n) is 7.73. The molecule has 0 fully saturated rings. The molecule has 0 saturated heterocycles. The molecule has 1 amide bonds. The van der Waals surface area contributed by atoms with Gasteiger partial charge < -0.3 is 16.4 Å². The Hall–Kier alpha value is -1.70. The summed E-state index contributed by atoms with van der Waals surface area (Å²) in [4.78, 5) is 28.8. The van der Waals surface area contributed by atoms with Gasteiger partial charge in [0.05, 0.1) is 5.92 Å². The Morgan fingerprint density at radius 2 is 2.17 bits per heavy atom. The molecule has 1 aliphatic rings. The summed E-state index contributed by atoms with van der Waals surface area (Å²) < 4.78 is 0. The van der Waals surface area contributed by atoms with Gasteiger partial charge in [0, 0.05) is 24.0 Å². The van der Waals surface area contributed by atoms with E-state index in [-0.39, 0.29) is 32.7 Å². The van der Waals surface area contributed by atoms with Gasteiger partial charge in [-0.3, -0.25) is 9.59 Å². The summed E-state index contributed by atoms with van der Waals surface area (Å²) in [5.41, 5.74) is 2.64. The second-order valence-corrected chi connectivity index (χ2v) is 5.85. The zero-order chi connectivity index (χ0) is 15.7. The molecular formula is C17H21LiN2O3. The molecule has 23 heavy (non-hydrogen) atoms. The third kappa shape index (κ3) is 3.31. The van der Waals surface area contributed by atoms with Gasteiger partial charge in [-0.15, -0.1) is 0 Å². The van der Waals surface area contributed by atoms with Crippen LogP contribution in [0.5, 0.6) is 0 Å². The Balaban J connectivity index is 0.00000144. The van der Waals surface area contributed by atoms with Crippen molar-refractivity contribution in [1.29, 1.82) is 0 Å². The molecule has 118 valence electrons. The van der Waals surface area contributed by atoms with Crippen LogP contribution in [0.25, 0.3) is 10.9 Å². The number of H-pyrrole nitrogens is 1. The van der Waals surface area contributed by atoms with E-state index in [1.165, 1.54) is 0 Å². The van der Waals surface area contributed by atoms with Crippen LogP contribution < -0.4 is 18.9 Å². The second kappa shape index (κ2) is 7.25. The number of amides is 1. The van der Waals surface area contributed by atoms with Crippen LogP contribution in [-0.2, 0) is 11.2 Å². The molecular weight excluding hydrogens is 287 g/mol. The Morgan fingerprint density at radius 3 is 2.87 bits per heavy atom. The van der Waals surface area contributed by atoms with Gasteiger partial charge in [-0.2, -0.15) is 0 Å². The number of aromatic nitrogens is 1. The van der Waals surface area contributed by atoms with E-state index in [4.69, 9.17) is 0 Å². The number of carboxylic acids is 1. The van der Waals surface area contributed by atoms with Crippen molar-refractivity contribution in [2.45, 2.75) is 26.2 Å². The fraction of sp³-hybridized carbons (Fsp3) is 0.412. The van der Waals surface area contributed by atoms with E-state index < -0.39 is 11.9 Å². The van der Waals surface area contributed by atoms with Gasteiger partial charge in [-0.1, -0.05) is 31.5 Å². The molecule has 1 atom stereocenters. The number of benzene rings is 1. The number of hydrogen-bond acceptors (Lipinski definition) is 2. The van der Waals surface area contributed by atoms with E-state index in [9.17, 15) is 14.7 Å². The van der Waals surface area contributed by atoms with Gasteiger partial charge in [-0.05, 0) is 24.5 Å². The molecule has 1 aliphatic heterocycles. The molecule has 1 aromatic carbocycles. The molecule has 2 aromatic rings. The predicted molar refractivity (Wildman–Crippen MR) is 85.1 cm³/mol. The normalized spacial score (nSPS) is 15.2. The molecule has 2 heterocycles. The van der Waals surface area contributed by atoms with E-state index in [1.54, 1.807) is 4.90 Å². The Morgan fingerprint density at radius 1 is 1.43 bits per heavy atom. The Labute approximate surface area is 148 Å². The molecule has 6 heteroatoms. The maximum Gasteiger partial charge on any atom is 1.00 e. The maximum absolute atomic E-state index is 12.7. The smallest absolute Gasteiger partial charge is 1.00 e. The summed E-state index contributed by atoms with van der Waals surface area (Å²) in [6.07, 6.45) is 2.17. The molecule has 1 unspecified atom stereocenters. The van der Waals surface area contributed by atoms with Gasteiger partial charge in [-0.25, -0.2) is 0 Å².